The molecule has 6 rings (SSSR count). The van der Waals surface area contributed by atoms with E-state index in [9.17, 15) is 4.39 Å². The van der Waals surface area contributed by atoms with Gasteiger partial charge in [-0.15, -0.1) is 0 Å². The van der Waals surface area contributed by atoms with E-state index in [0.717, 1.165) is 67.7 Å². The fourth-order valence-electron chi connectivity index (χ4n) is 4.59. The number of fused-ring (bicyclic) bond motifs is 2. The molecule has 6 aromatic rings. The van der Waals surface area contributed by atoms with Crippen LogP contribution in [0.4, 0.5) is 4.39 Å². The number of ether oxygens (including phenoxy) is 1. The van der Waals surface area contributed by atoms with Crippen LogP contribution in [-0.4, -0.2) is 52.3 Å². The molecule has 0 bridgehead atoms. The number of nitrogens with one attached hydrogen (secondary N) is 2. The van der Waals surface area contributed by atoms with Crippen LogP contribution >= 0.6 is 0 Å². The molecule has 0 saturated heterocycles. The monoisotopic (exact) mass is 491 g/mol. The Balaban J connectivity index is 1.38. The Kier molecular flexibility index (Phi) is 5.90. The zero-order chi connectivity index (χ0) is 25.4. The van der Waals surface area contributed by atoms with Crippen molar-refractivity contribution in [1.82, 2.24) is 25.1 Å². The van der Waals surface area contributed by atoms with Crippen LogP contribution in [0.1, 0.15) is 0 Å². The Morgan fingerprint density at radius 3 is 2.59 bits per heavy atom. The molecule has 0 radical (unpaired) electrons. The summed E-state index contributed by atoms with van der Waals surface area (Å²) < 4.78 is 19.8. The fourth-order valence-corrected chi connectivity index (χ4v) is 4.59. The molecule has 0 atom stereocenters. The summed E-state index contributed by atoms with van der Waals surface area (Å²) in [6.07, 6.45) is 3.58. The standard InChI is InChI=1S/C30H26FN5O/c1-36(2)11-12-37-23-14-21(17-32-18-23)19-9-10-28-26(15-19)30(35-34-28)29-16-25-24(7-4-8-27(25)33-29)20-5-3-6-22(31)13-20/h3-10,13-18,33H,11-12H2,1-2H3,(H,34,35). The smallest absolute Gasteiger partial charge is 0.138 e. The van der Waals surface area contributed by atoms with E-state index < -0.39 is 0 Å². The van der Waals surface area contributed by atoms with Gasteiger partial charge >= 0.3 is 0 Å². The van der Waals surface area contributed by atoms with Crippen LogP contribution in [0.5, 0.6) is 5.75 Å². The maximum Gasteiger partial charge on any atom is 0.138 e. The van der Waals surface area contributed by atoms with E-state index in [-0.39, 0.29) is 5.82 Å². The number of H-pyrrole nitrogens is 2. The summed E-state index contributed by atoms with van der Waals surface area (Å²) in [5.41, 5.74) is 7.43. The quantitative estimate of drug-likeness (QED) is 0.267. The predicted molar refractivity (Wildman–Crippen MR) is 146 cm³/mol. The first-order valence-electron chi connectivity index (χ1n) is 12.1. The number of benzene rings is 3. The van der Waals surface area contributed by atoms with Gasteiger partial charge in [-0.05, 0) is 73.3 Å². The van der Waals surface area contributed by atoms with Crippen LogP contribution < -0.4 is 4.74 Å². The SMILES string of the molecule is CN(C)CCOc1cncc(-c2ccc3[nH]nc(-c4cc5c(-c6cccc(F)c6)cccc5[nH]4)c3c2)c1. The first kappa shape index (κ1) is 22.9. The zero-order valence-corrected chi connectivity index (χ0v) is 20.6. The topological polar surface area (TPSA) is 69.8 Å². The fraction of sp³-hybridized carbons (Fsp3) is 0.133. The summed E-state index contributed by atoms with van der Waals surface area (Å²) in [7, 11) is 4.04. The molecule has 37 heavy (non-hydrogen) atoms. The molecule has 0 aliphatic carbocycles. The molecule has 0 saturated carbocycles. The summed E-state index contributed by atoms with van der Waals surface area (Å²) in [6.45, 7) is 1.43. The molecular formula is C30H26FN5O. The maximum atomic E-state index is 13.9. The largest absolute Gasteiger partial charge is 0.491 e. The van der Waals surface area contributed by atoms with Crippen LogP contribution in [0, 0.1) is 5.82 Å². The van der Waals surface area contributed by atoms with Gasteiger partial charge in [-0.25, -0.2) is 4.39 Å². The first-order valence-corrected chi connectivity index (χ1v) is 12.1. The molecule has 7 heteroatoms. The van der Waals surface area contributed by atoms with Crippen molar-refractivity contribution in [3.05, 3.63) is 91.0 Å². The van der Waals surface area contributed by atoms with Gasteiger partial charge in [-0.3, -0.25) is 10.1 Å². The highest BCUT2D eigenvalue weighted by molar-refractivity contribution is 6.01. The van der Waals surface area contributed by atoms with Crippen molar-refractivity contribution >= 4 is 21.8 Å². The lowest BCUT2D eigenvalue weighted by atomic mass is 10.0. The minimum absolute atomic E-state index is 0.252. The summed E-state index contributed by atoms with van der Waals surface area (Å²) in [5, 5.41) is 9.79. The van der Waals surface area contributed by atoms with E-state index in [4.69, 9.17) is 4.74 Å². The highest BCUT2D eigenvalue weighted by atomic mass is 19.1. The lowest BCUT2D eigenvalue weighted by molar-refractivity contribution is 0.261. The molecule has 3 aromatic heterocycles. The summed E-state index contributed by atoms with van der Waals surface area (Å²) >= 11 is 0. The molecular weight excluding hydrogens is 465 g/mol. The van der Waals surface area contributed by atoms with Gasteiger partial charge in [0.15, 0.2) is 0 Å². The van der Waals surface area contributed by atoms with Crippen molar-refractivity contribution < 1.29 is 9.13 Å². The Bertz CT molecular complexity index is 1720. The molecule has 6 nitrogen and oxygen atoms in total. The molecule has 0 aliphatic heterocycles. The summed E-state index contributed by atoms with van der Waals surface area (Å²) in [6, 6.07) is 23.0. The van der Waals surface area contributed by atoms with Gasteiger partial charge in [0.2, 0.25) is 0 Å². The van der Waals surface area contributed by atoms with E-state index >= 15 is 0 Å². The number of nitrogens with zero attached hydrogens (tertiary/aromatic N) is 3. The highest BCUT2D eigenvalue weighted by Crippen LogP contribution is 2.35. The van der Waals surface area contributed by atoms with Crippen LogP contribution in [0.3, 0.4) is 0 Å². The number of rotatable bonds is 7. The van der Waals surface area contributed by atoms with Crippen molar-refractivity contribution in [3.8, 4) is 39.4 Å². The average Bonchev–Trinajstić information content (AvgIpc) is 3.52. The van der Waals surface area contributed by atoms with Gasteiger partial charge < -0.3 is 14.6 Å². The second-order valence-corrected chi connectivity index (χ2v) is 9.35. The average molecular weight is 492 g/mol. The van der Waals surface area contributed by atoms with E-state index in [1.54, 1.807) is 18.3 Å². The van der Waals surface area contributed by atoms with Crippen molar-refractivity contribution in [3.63, 3.8) is 0 Å². The third kappa shape index (κ3) is 4.57. The minimum Gasteiger partial charge on any atom is -0.491 e. The molecule has 2 N–H and O–H groups in total. The van der Waals surface area contributed by atoms with E-state index in [1.165, 1.54) is 6.07 Å². The van der Waals surface area contributed by atoms with Crippen molar-refractivity contribution in [2.24, 2.45) is 0 Å². The molecule has 3 heterocycles. The van der Waals surface area contributed by atoms with E-state index in [0.29, 0.717) is 6.61 Å². The third-order valence-corrected chi connectivity index (χ3v) is 6.47. The molecule has 0 aliphatic rings. The first-order chi connectivity index (χ1) is 18.0. The molecule has 0 unspecified atom stereocenters. The Labute approximate surface area is 213 Å². The van der Waals surface area contributed by atoms with Crippen LogP contribution in [0.25, 0.3) is 55.4 Å². The van der Waals surface area contributed by atoms with Crippen LogP contribution in [-0.2, 0) is 0 Å². The maximum absolute atomic E-state index is 13.9. The Morgan fingerprint density at radius 2 is 1.73 bits per heavy atom. The second-order valence-electron chi connectivity index (χ2n) is 9.35. The van der Waals surface area contributed by atoms with Gasteiger partial charge in [-0.2, -0.15) is 5.10 Å². The summed E-state index contributed by atoms with van der Waals surface area (Å²) in [4.78, 5) is 9.97. The Hall–Kier alpha value is -4.49. The van der Waals surface area contributed by atoms with Crippen LogP contribution in [0.2, 0.25) is 0 Å². The van der Waals surface area contributed by atoms with Crippen molar-refractivity contribution in [2.75, 3.05) is 27.2 Å². The molecule has 0 amide bonds. The van der Waals surface area contributed by atoms with Gasteiger partial charge in [0.25, 0.3) is 0 Å². The summed E-state index contributed by atoms with van der Waals surface area (Å²) in [5.74, 6) is 0.491. The number of hydrogen-bond acceptors (Lipinski definition) is 4. The van der Waals surface area contributed by atoms with Gasteiger partial charge in [-0.1, -0.05) is 30.3 Å². The molecule has 0 spiro atoms. The lowest BCUT2D eigenvalue weighted by Crippen LogP contribution is -2.19. The van der Waals surface area contributed by atoms with Gasteiger partial charge in [0.05, 0.1) is 17.4 Å². The van der Waals surface area contributed by atoms with Crippen LogP contribution in [0.15, 0.2) is 85.2 Å². The third-order valence-electron chi connectivity index (χ3n) is 6.47. The number of pyridine rings is 1. The second kappa shape index (κ2) is 9.52. The lowest BCUT2D eigenvalue weighted by Gasteiger charge is -2.11. The highest BCUT2D eigenvalue weighted by Gasteiger charge is 2.15. The zero-order valence-electron chi connectivity index (χ0n) is 20.6. The molecule has 184 valence electrons. The van der Waals surface area contributed by atoms with Crippen molar-refractivity contribution in [2.45, 2.75) is 0 Å². The number of hydrogen-bond donors (Lipinski definition) is 2. The number of aromatic amines is 2. The number of likely N-dealkylation sites (N-methyl/N-ethyl adjacent to an activating group) is 1. The minimum atomic E-state index is -0.252. The van der Waals surface area contributed by atoms with Crippen molar-refractivity contribution in [1.29, 1.82) is 0 Å². The molecule has 3 aromatic carbocycles. The Morgan fingerprint density at radius 1 is 0.838 bits per heavy atom. The van der Waals surface area contributed by atoms with Gasteiger partial charge in [0, 0.05) is 34.6 Å². The normalized spacial score (nSPS) is 11.6. The predicted octanol–water partition coefficient (Wildman–Crippen LogP) is 6.52. The van der Waals surface area contributed by atoms with E-state index in [2.05, 4.69) is 43.3 Å². The number of halogens is 1. The van der Waals surface area contributed by atoms with Gasteiger partial charge in [0.1, 0.15) is 23.9 Å². The van der Waals surface area contributed by atoms with E-state index in [1.807, 2.05) is 56.7 Å². The molecule has 0 fully saturated rings. The number of aromatic nitrogens is 4.